The molecular weight excluding hydrogens is 350 g/mol. The summed E-state index contributed by atoms with van der Waals surface area (Å²) in [6.45, 7) is 3.71. The molecule has 0 bridgehead atoms. The molecule has 0 radical (unpaired) electrons. The lowest BCUT2D eigenvalue weighted by Gasteiger charge is -2.08. The van der Waals surface area contributed by atoms with E-state index in [0.717, 1.165) is 23.3 Å². The molecule has 0 atom stereocenters. The molecule has 0 unspecified atom stereocenters. The normalized spacial score (nSPS) is 11.3. The molecule has 1 amide bonds. The van der Waals surface area contributed by atoms with Crippen LogP contribution in [0.25, 0.3) is 0 Å². The number of carbonyl (C=O) groups is 1. The van der Waals surface area contributed by atoms with Gasteiger partial charge in [0, 0.05) is 17.0 Å². The summed E-state index contributed by atoms with van der Waals surface area (Å²) in [7, 11) is -3.35. The first kappa shape index (κ1) is 18.3. The first-order chi connectivity index (χ1) is 11.2. The predicted molar refractivity (Wildman–Crippen MR) is 95.7 cm³/mol. The highest BCUT2D eigenvalue weighted by Crippen LogP contribution is 2.20. The number of rotatable bonds is 7. The Balaban J connectivity index is 1.87. The van der Waals surface area contributed by atoms with E-state index in [2.05, 4.69) is 15.2 Å². The largest absolute Gasteiger partial charge is 0.361 e. The van der Waals surface area contributed by atoms with Gasteiger partial charge in [-0.2, -0.15) is 0 Å². The highest BCUT2D eigenvalue weighted by atomic mass is 32.2. The number of thioether (sulfide) groups is 1. The molecule has 0 saturated carbocycles. The Morgan fingerprint density at radius 1 is 1.29 bits per heavy atom. The number of anilines is 2. The van der Waals surface area contributed by atoms with E-state index in [0.29, 0.717) is 17.1 Å². The number of nitrogens with zero attached hydrogens (tertiary/aromatic N) is 1. The zero-order valence-corrected chi connectivity index (χ0v) is 15.3. The van der Waals surface area contributed by atoms with Crippen molar-refractivity contribution in [1.82, 2.24) is 5.16 Å². The van der Waals surface area contributed by atoms with Gasteiger partial charge in [0.2, 0.25) is 15.9 Å². The molecule has 2 rings (SSSR count). The minimum absolute atomic E-state index is 0.164. The van der Waals surface area contributed by atoms with Gasteiger partial charge < -0.3 is 9.84 Å². The van der Waals surface area contributed by atoms with E-state index in [1.54, 1.807) is 24.3 Å². The zero-order chi connectivity index (χ0) is 17.7. The Labute approximate surface area is 145 Å². The molecule has 7 nitrogen and oxygen atoms in total. The van der Waals surface area contributed by atoms with E-state index in [4.69, 9.17) is 4.52 Å². The van der Waals surface area contributed by atoms with Crippen LogP contribution in [0.1, 0.15) is 17.0 Å². The number of nitrogens with one attached hydrogen (secondary N) is 2. The lowest BCUT2D eigenvalue weighted by atomic mass is 10.2. The quantitative estimate of drug-likeness (QED) is 0.778. The Hall–Kier alpha value is -2.00. The molecule has 9 heteroatoms. The number of benzene rings is 1. The summed E-state index contributed by atoms with van der Waals surface area (Å²) < 4.78 is 29.9. The van der Waals surface area contributed by atoms with E-state index < -0.39 is 10.0 Å². The zero-order valence-electron chi connectivity index (χ0n) is 13.6. The van der Waals surface area contributed by atoms with Crippen LogP contribution >= 0.6 is 11.8 Å². The van der Waals surface area contributed by atoms with Gasteiger partial charge in [0.25, 0.3) is 0 Å². The summed E-state index contributed by atoms with van der Waals surface area (Å²) in [6.07, 6.45) is 1.07. The summed E-state index contributed by atoms with van der Waals surface area (Å²) in [5.41, 5.74) is 2.78. The van der Waals surface area contributed by atoms with Crippen LogP contribution in [0.4, 0.5) is 11.4 Å². The van der Waals surface area contributed by atoms with Crippen LogP contribution in [0.3, 0.4) is 0 Å². The van der Waals surface area contributed by atoms with Gasteiger partial charge in [0.15, 0.2) is 0 Å². The molecule has 0 fully saturated rings. The SMILES string of the molecule is Cc1noc(C)c1CSCC(=O)Nc1cccc(NS(C)(=O)=O)c1. The van der Waals surface area contributed by atoms with E-state index in [1.807, 2.05) is 13.8 Å². The smallest absolute Gasteiger partial charge is 0.234 e. The molecule has 0 spiro atoms. The maximum Gasteiger partial charge on any atom is 0.234 e. The Bertz CT molecular complexity index is 811. The van der Waals surface area contributed by atoms with E-state index in [-0.39, 0.29) is 11.7 Å². The fraction of sp³-hybridized carbons (Fsp3) is 0.333. The first-order valence-corrected chi connectivity index (χ1v) is 10.2. The topological polar surface area (TPSA) is 101 Å². The van der Waals surface area contributed by atoms with Gasteiger partial charge in [-0.15, -0.1) is 11.8 Å². The van der Waals surface area contributed by atoms with Crippen molar-refractivity contribution in [3.63, 3.8) is 0 Å². The number of amides is 1. The highest BCUT2D eigenvalue weighted by molar-refractivity contribution is 7.99. The number of aryl methyl sites for hydroxylation is 2. The van der Waals surface area contributed by atoms with Gasteiger partial charge in [0.1, 0.15) is 5.76 Å². The number of carbonyl (C=O) groups excluding carboxylic acids is 1. The Kier molecular flexibility index (Phi) is 5.89. The molecule has 2 aromatic rings. The molecule has 0 saturated heterocycles. The maximum atomic E-state index is 12.0. The second-order valence-electron chi connectivity index (χ2n) is 5.30. The van der Waals surface area contributed by atoms with Crippen LogP contribution in [0.5, 0.6) is 0 Å². The molecule has 1 aromatic carbocycles. The molecular formula is C15H19N3O4S2. The van der Waals surface area contributed by atoms with Crippen LogP contribution < -0.4 is 10.0 Å². The summed E-state index contributed by atoms with van der Waals surface area (Å²) >= 11 is 1.46. The molecule has 0 aliphatic carbocycles. The summed E-state index contributed by atoms with van der Waals surface area (Å²) in [5.74, 6) is 1.51. The van der Waals surface area contributed by atoms with Crippen LogP contribution in [0.15, 0.2) is 28.8 Å². The summed E-state index contributed by atoms with van der Waals surface area (Å²) in [4.78, 5) is 12.0. The molecule has 1 heterocycles. The van der Waals surface area contributed by atoms with Gasteiger partial charge in [-0.05, 0) is 32.0 Å². The second kappa shape index (κ2) is 7.71. The fourth-order valence-corrected chi connectivity index (χ4v) is 3.56. The predicted octanol–water partition coefficient (Wildman–Crippen LogP) is 2.53. The second-order valence-corrected chi connectivity index (χ2v) is 8.03. The molecule has 24 heavy (non-hydrogen) atoms. The Morgan fingerprint density at radius 2 is 2.00 bits per heavy atom. The van der Waals surface area contributed by atoms with Gasteiger partial charge in [-0.1, -0.05) is 11.2 Å². The van der Waals surface area contributed by atoms with Crippen LogP contribution in [-0.4, -0.2) is 31.5 Å². The van der Waals surface area contributed by atoms with Crippen molar-refractivity contribution in [3.05, 3.63) is 41.3 Å². The molecule has 130 valence electrons. The standard InChI is InChI=1S/C15H19N3O4S2/c1-10-14(11(2)22-17-10)8-23-9-15(19)16-12-5-4-6-13(7-12)18-24(3,20)21/h4-7,18H,8-9H2,1-3H3,(H,16,19). The number of aromatic nitrogens is 1. The minimum atomic E-state index is -3.35. The Morgan fingerprint density at radius 3 is 2.62 bits per heavy atom. The summed E-state index contributed by atoms with van der Waals surface area (Å²) in [5, 5.41) is 6.62. The van der Waals surface area contributed by atoms with Crippen molar-refractivity contribution < 1.29 is 17.7 Å². The van der Waals surface area contributed by atoms with E-state index >= 15 is 0 Å². The third-order valence-corrected chi connectivity index (χ3v) is 4.68. The third-order valence-electron chi connectivity index (χ3n) is 3.11. The van der Waals surface area contributed by atoms with E-state index in [9.17, 15) is 13.2 Å². The lowest BCUT2D eigenvalue weighted by molar-refractivity contribution is -0.113. The number of sulfonamides is 1. The van der Waals surface area contributed by atoms with Gasteiger partial charge >= 0.3 is 0 Å². The fourth-order valence-electron chi connectivity index (χ4n) is 2.03. The molecule has 0 aliphatic heterocycles. The first-order valence-electron chi connectivity index (χ1n) is 7.12. The average molecular weight is 369 g/mol. The average Bonchev–Trinajstić information content (AvgIpc) is 2.77. The van der Waals surface area contributed by atoms with Gasteiger partial charge in [-0.25, -0.2) is 8.42 Å². The number of hydrogen-bond acceptors (Lipinski definition) is 6. The molecule has 1 aromatic heterocycles. The van der Waals surface area contributed by atoms with Crippen molar-refractivity contribution in [2.75, 3.05) is 22.0 Å². The summed E-state index contributed by atoms with van der Waals surface area (Å²) in [6, 6.07) is 6.55. The van der Waals surface area contributed by atoms with Crippen molar-refractivity contribution >= 4 is 39.1 Å². The van der Waals surface area contributed by atoms with Crippen molar-refractivity contribution in [2.24, 2.45) is 0 Å². The third kappa shape index (κ3) is 5.57. The van der Waals surface area contributed by atoms with Crippen molar-refractivity contribution in [2.45, 2.75) is 19.6 Å². The molecule has 2 N–H and O–H groups in total. The van der Waals surface area contributed by atoms with E-state index in [1.165, 1.54) is 11.8 Å². The highest BCUT2D eigenvalue weighted by Gasteiger charge is 2.10. The monoisotopic (exact) mass is 369 g/mol. The van der Waals surface area contributed by atoms with Crippen molar-refractivity contribution in [1.29, 1.82) is 0 Å². The van der Waals surface area contributed by atoms with Crippen molar-refractivity contribution in [3.8, 4) is 0 Å². The van der Waals surface area contributed by atoms with Gasteiger partial charge in [0.05, 0.1) is 23.4 Å². The maximum absolute atomic E-state index is 12.0. The van der Waals surface area contributed by atoms with Crippen LogP contribution in [0.2, 0.25) is 0 Å². The number of hydrogen-bond donors (Lipinski definition) is 2. The minimum Gasteiger partial charge on any atom is -0.361 e. The van der Waals surface area contributed by atoms with Crippen LogP contribution in [-0.2, 0) is 20.6 Å². The molecule has 0 aliphatic rings. The van der Waals surface area contributed by atoms with Gasteiger partial charge in [-0.3, -0.25) is 9.52 Å². The van der Waals surface area contributed by atoms with Crippen LogP contribution in [0, 0.1) is 13.8 Å². The lowest BCUT2D eigenvalue weighted by Crippen LogP contribution is -2.15.